The quantitative estimate of drug-likeness (QED) is 0.851. The van der Waals surface area contributed by atoms with Gasteiger partial charge >= 0.3 is 0 Å². The van der Waals surface area contributed by atoms with E-state index < -0.39 is 0 Å². The first-order valence-corrected chi connectivity index (χ1v) is 6.74. The van der Waals surface area contributed by atoms with Crippen LogP contribution in [-0.4, -0.2) is 5.91 Å². The van der Waals surface area contributed by atoms with Gasteiger partial charge in [0.05, 0.1) is 6.42 Å². The third kappa shape index (κ3) is 3.83. The molecule has 0 fully saturated rings. The number of carbonyl (C=O) groups excluding carboxylic acids is 1. The number of nitrogen functional groups attached to an aromatic ring is 1. The van der Waals surface area contributed by atoms with Gasteiger partial charge < -0.3 is 11.1 Å². The van der Waals surface area contributed by atoms with Crippen LogP contribution in [0.25, 0.3) is 0 Å². The largest absolute Gasteiger partial charge is 0.398 e. The highest BCUT2D eigenvalue weighted by molar-refractivity contribution is 9.10. The van der Waals surface area contributed by atoms with Crippen molar-refractivity contribution in [3.05, 3.63) is 58.1 Å². The average Bonchev–Trinajstić information content (AvgIpc) is 2.37. The van der Waals surface area contributed by atoms with Crippen LogP contribution in [0.15, 0.2) is 46.9 Å². The van der Waals surface area contributed by atoms with E-state index in [-0.39, 0.29) is 5.91 Å². The zero-order valence-corrected chi connectivity index (χ0v) is 12.2. The Hall–Kier alpha value is -1.81. The maximum atomic E-state index is 11.9. The van der Waals surface area contributed by atoms with Gasteiger partial charge in [0.1, 0.15) is 0 Å². The van der Waals surface area contributed by atoms with Gasteiger partial charge in [-0.15, -0.1) is 0 Å². The first-order chi connectivity index (χ1) is 9.04. The molecule has 0 aliphatic rings. The molecule has 0 aromatic heterocycles. The Morgan fingerprint density at radius 1 is 1.21 bits per heavy atom. The van der Waals surface area contributed by atoms with Crippen molar-refractivity contribution in [3.63, 3.8) is 0 Å². The van der Waals surface area contributed by atoms with Crippen molar-refractivity contribution < 1.29 is 4.79 Å². The molecule has 2 aromatic rings. The molecule has 3 N–H and O–H groups in total. The van der Waals surface area contributed by atoms with E-state index in [9.17, 15) is 4.79 Å². The van der Waals surface area contributed by atoms with E-state index in [0.29, 0.717) is 12.1 Å². The van der Waals surface area contributed by atoms with E-state index in [0.717, 1.165) is 15.7 Å². The number of rotatable bonds is 3. The van der Waals surface area contributed by atoms with Crippen molar-refractivity contribution in [2.75, 3.05) is 11.1 Å². The molecule has 0 radical (unpaired) electrons. The SMILES string of the molecule is Cc1ccc(CC(=O)Nc2ccc(N)c(Br)c2)cc1. The lowest BCUT2D eigenvalue weighted by Crippen LogP contribution is -2.14. The molecule has 0 aliphatic carbocycles. The molecule has 98 valence electrons. The number of nitrogens with two attached hydrogens (primary N) is 1. The second-order valence-electron chi connectivity index (χ2n) is 4.45. The Labute approximate surface area is 121 Å². The highest BCUT2D eigenvalue weighted by Gasteiger charge is 2.05. The predicted octanol–water partition coefficient (Wildman–Crippen LogP) is 3.52. The molecule has 4 heteroatoms. The van der Waals surface area contributed by atoms with E-state index in [1.807, 2.05) is 31.2 Å². The number of nitrogens with one attached hydrogen (secondary N) is 1. The lowest BCUT2D eigenvalue weighted by Gasteiger charge is -2.07. The second kappa shape index (κ2) is 5.89. The summed E-state index contributed by atoms with van der Waals surface area (Å²) in [5.74, 6) is -0.0412. The lowest BCUT2D eigenvalue weighted by molar-refractivity contribution is -0.115. The molecule has 1 amide bonds. The van der Waals surface area contributed by atoms with Crippen LogP contribution in [0.4, 0.5) is 11.4 Å². The normalized spacial score (nSPS) is 10.2. The second-order valence-corrected chi connectivity index (χ2v) is 5.30. The molecule has 0 unspecified atom stereocenters. The Balaban J connectivity index is 2.01. The topological polar surface area (TPSA) is 55.1 Å². The molecule has 2 aromatic carbocycles. The molecular weight excluding hydrogens is 304 g/mol. The molecule has 0 spiro atoms. The van der Waals surface area contributed by atoms with Gasteiger partial charge in [-0.25, -0.2) is 0 Å². The number of hydrogen-bond donors (Lipinski definition) is 2. The number of anilines is 2. The van der Waals surface area contributed by atoms with Crippen LogP contribution in [0.2, 0.25) is 0 Å². The molecule has 19 heavy (non-hydrogen) atoms. The summed E-state index contributed by atoms with van der Waals surface area (Å²) >= 11 is 3.33. The Morgan fingerprint density at radius 3 is 2.53 bits per heavy atom. The fourth-order valence-corrected chi connectivity index (χ4v) is 2.08. The first kappa shape index (κ1) is 13.6. The van der Waals surface area contributed by atoms with Gasteiger partial charge in [0.15, 0.2) is 0 Å². The standard InChI is InChI=1S/C15H15BrN2O/c1-10-2-4-11(5-3-10)8-15(19)18-12-6-7-14(17)13(16)9-12/h2-7,9H,8,17H2,1H3,(H,18,19). The summed E-state index contributed by atoms with van der Waals surface area (Å²) in [5.41, 5.74) is 9.27. The van der Waals surface area contributed by atoms with Crippen molar-refractivity contribution in [1.82, 2.24) is 0 Å². The van der Waals surface area contributed by atoms with Gasteiger partial charge in [-0.1, -0.05) is 29.8 Å². The number of hydrogen-bond acceptors (Lipinski definition) is 2. The maximum absolute atomic E-state index is 11.9. The highest BCUT2D eigenvalue weighted by atomic mass is 79.9. The Kier molecular flexibility index (Phi) is 4.22. The van der Waals surface area contributed by atoms with Crippen molar-refractivity contribution >= 4 is 33.2 Å². The Morgan fingerprint density at radius 2 is 1.89 bits per heavy atom. The fraction of sp³-hybridized carbons (Fsp3) is 0.133. The van der Waals surface area contributed by atoms with Crippen molar-refractivity contribution in [3.8, 4) is 0 Å². The highest BCUT2D eigenvalue weighted by Crippen LogP contribution is 2.23. The predicted molar refractivity (Wildman–Crippen MR) is 82.1 cm³/mol. The fourth-order valence-electron chi connectivity index (χ4n) is 1.70. The summed E-state index contributed by atoms with van der Waals surface area (Å²) < 4.78 is 0.778. The van der Waals surface area contributed by atoms with Crippen LogP contribution < -0.4 is 11.1 Å². The smallest absolute Gasteiger partial charge is 0.228 e. The van der Waals surface area contributed by atoms with Crippen LogP contribution in [-0.2, 0) is 11.2 Å². The zero-order valence-electron chi connectivity index (χ0n) is 10.6. The lowest BCUT2D eigenvalue weighted by atomic mass is 10.1. The van der Waals surface area contributed by atoms with Gasteiger partial charge in [0, 0.05) is 15.8 Å². The van der Waals surface area contributed by atoms with Crippen LogP contribution in [0.1, 0.15) is 11.1 Å². The molecule has 0 bridgehead atoms. The Bertz CT molecular complexity index is 594. The summed E-state index contributed by atoms with van der Waals surface area (Å²) in [7, 11) is 0. The van der Waals surface area contributed by atoms with Gasteiger partial charge in [-0.05, 0) is 46.6 Å². The first-order valence-electron chi connectivity index (χ1n) is 5.95. The van der Waals surface area contributed by atoms with Crippen molar-refractivity contribution in [1.29, 1.82) is 0 Å². The van der Waals surface area contributed by atoms with Crippen LogP contribution >= 0.6 is 15.9 Å². The third-order valence-corrected chi connectivity index (χ3v) is 3.46. The van der Waals surface area contributed by atoms with E-state index >= 15 is 0 Å². The van der Waals surface area contributed by atoms with Gasteiger partial charge in [0.25, 0.3) is 0 Å². The molecule has 0 aliphatic heterocycles. The molecule has 0 saturated carbocycles. The molecule has 0 atom stereocenters. The van der Waals surface area contributed by atoms with E-state index in [4.69, 9.17) is 5.73 Å². The van der Waals surface area contributed by atoms with E-state index in [1.165, 1.54) is 5.56 Å². The van der Waals surface area contributed by atoms with Crippen LogP contribution in [0.5, 0.6) is 0 Å². The van der Waals surface area contributed by atoms with Gasteiger partial charge in [-0.2, -0.15) is 0 Å². The van der Waals surface area contributed by atoms with E-state index in [2.05, 4.69) is 21.2 Å². The minimum Gasteiger partial charge on any atom is -0.398 e. The minimum atomic E-state index is -0.0412. The zero-order chi connectivity index (χ0) is 13.8. The molecule has 0 heterocycles. The molecule has 0 saturated heterocycles. The number of halogens is 1. The number of amides is 1. The molecular formula is C15H15BrN2O. The van der Waals surface area contributed by atoms with Gasteiger partial charge in [-0.3, -0.25) is 4.79 Å². The molecule has 2 rings (SSSR count). The minimum absolute atomic E-state index is 0.0412. The van der Waals surface area contributed by atoms with E-state index in [1.54, 1.807) is 18.2 Å². The monoisotopic (exact) mass is 318 g/mol. The van der Waals surface area contributed by atoms with Crippen LogP contribution in [0.3, 0.4) is 0 Å². The molecule has 3 nitrogen and oxygen atoms in total. The maximum Gasteiger partial charge on any atom is 0.228 e. The van der Waals surface area contributed by atoms with Crippen LogP contribution in [0, 0.1) is 6.92 Å². The summed E-state index contributed by atoms with van der Waals surface area (Å²) in [4.78, 5) is 11.9. The number of carbonyl (C=O) groups is 1. The summed E-state index contributed by atoms with van der Waals surface area (Å²) in [5, 5.41) is 2.85. The third-order valence-electron chi connectivity index (χ3n) is 2.77. The summed E-state index contributed by atoms with van der Waals surface area (Å²) in [6.07, 6.45) is 0.363. The number of benzene rings is 2. The number of aryl methyl sites for hydroxylation is 1. The summed E-state index contributed by atoms with van der Waals surface area (Å²) in [6.45, 7) is 2.02. The average molecular weight is 319 g/mol. The summed E-state index contributed by atoms with van der Waals surface area (Å²) in [6, 6.07) is 13.3. The van der Waals surface area contributed by atoms with Gasteiger partial charge in [0.2, 0.25) is 5.91 Å². The van der Waals surface area contributed by atoms with Crippen molar-refractivity contribution in [2.24, 2.45) is 0 Å². The van der Waals surface area contributed by atoms with Crippen molar-refractivity contribution in [2.45, 2.75) is 13.3 Å².